The predicted octanol–water partition coefficient (Wildman–Crippen LogP) is 2.27. The molecule has 0 saturated carbocycles. The van der Waals surface area contributed by atoms with Gasteiger partial charge in [0, 0.05) is 19.2 Å². The quantitative estimate of drug-likeness (QED) is 0.930. The van der Waals surface area contributed by atoms with Crippen LogP contribution < -0.4 is 5.32 Å². The number of carbonyl (C=O) groups is 2. The molecule has 0 aliphatic carbocycles. The zero-order valence-electron chi connectivity index (χ0n) is 13.5. The van der Waals surface area contributed by atoms with Crippen molar-refractivity contribution in [3.05, 3.63) is 46.9 Å². The first-order valence-corrected chi connectivity index (χ1v) is 7.71. The second kappa shape index (κ2) is 5.68. The first-order valence-electron chi connectivity index (χ1n) is 7.71. The summed E-state index contributed by atoms with van der Waals surface area (Å²) in [5, 5.41) is 2.74. The number of rotatable bonds is 3. The van der Waals surface area contributed by atoms with Gasteiger partial charge >= 0.3 is 6.03 Å². The molecule has 2 aliphatic rings. The molecule has 122 valence electrons. The zero-order chi connectivity index (χ0) is 16.7. The SMILES string of the molecule is CC(C)CN1CC2=C(C1=O)C(c1ccccc1F)NC(=O)N2C. The van der Waals surface area contributed by atoms with Gasteiger partial charge in [-0.05, 0) is 12.0 Å². The molecule has 23 heavy (non-hydrogen) atoms. The fourth-order valence-electron chi connectivity index (χ4n) is 3.15. The van der Waals surface area contributed by atoms with Gasteiger partial charge in [-0.15, -0.1) is 0 Å². The number of nitrogens with one attached hydrogen (secondary N) is 1. The fourth-order valence-corrected chi connectivity index (χ4v) is 3.15. The average Bonchev–Trinajstić information content (AvgIpc) is 2.81. The van der Waals surface area contributed by atoms with Gasteiger partial charge in [-0.1, -0.05) is 32.0 Å². The van der Waals surface area contributed by atoms with E-state index in [2.05, 4.69) is 5.32 Å². The van der Waals surface area contributed by atoms with Crippen molar-refractivity contribution in [2.75, 3.05) is 20.1 Å². The zero-order valence-corrected chi connectivity index (χ0v) is 13.5. The third kappa shape index (κ3) is 2.58. The second-order valence-electron chi connectivity index (χ2n) is 6.40. The van der Waals surface area contributed by atoms with E-state index in [1.807, 2.05) is 13.8 Å². The molecule has 0 radical (unpaired) electrons. The minimum Gasteiger partial charge on any atom is -0.333 e. The van der Waals surface area contributed by atoms with Gasteiger partial charge in [-0.3, -0.25) is 9.69 Å². The third-order valence-electron chi connectivity index (χ3n) is 4.24. The summed E-state index contributed by atoms with van der Waals surface area (Å²) >= 11 is 0. The molecule has 0 saturated heterocycles. The van der Waals surface area contributed by atoms with Crippen LogP contribution in [0.2, 0.25) is 0 Å². The number of nitrogens with zero attached hydrogens (tertiary/aromatic N) is 2. The molecule has 0 spiro atoms. The highest BCUT2D eigenvalue weighted by atomic mass is 19.1. The number of likely N-dealkylation sites (N-methyl/N-ethyl adjacent to an activating group) is 1. The molecule has 3 amide bonds. The lowest BCUT2D eigenvalue weighted by atomic mass is 9.95. The van der Waals surface area contributed by atoms with Crippen LogP contribution in [-0.4, -0.2) is 41.9 Å². The molecule has 1 N–H and O–H groups in total. The molecule has 0 bridgehead atoms. The molecule has 5 nitrogen and oxygen atoms in total. The third-order valence-corrected chi connectivity index (χ3v) is 4.24. The maximum Gasteiger partial charge on any atom is 0.322 e. The molecule has 3 rings (SSSR count). The van der Waals surface area contributed by atoms with Crippen LogP contribution in [0.4, 0.5) is 9.18 Å². The molecule has 0 fully saturated rings. The smallest absolute Gasteiger partial charge is 0.322 e. The molecule has 1 aromatic rings. The number of amides is 3. The highest BCUT2D eigenvalue weighted by Gasteiger charge is 2.43. The van der Waals surface area contributed by atoms with Gasteiger partial charge in [-0.2, -0.15) is 0 Å². The largest absolute Gasteiger partial charge is 0.333 e. The van der Waals surface area contributed by atoms with E-state index in [1.165, 1.54) is 11.0 Å². The number of carbonyl (C=O) groups excluding carboxylic acids is 2. The summed E-state index contributed by atoms with van der Waals surface area (Å²) in [6.45, 7) is 5.07. The van der Waals surface area contributed by atoms with Crippen LogP contribution in [0, 0.1) is 11.7 Å². The Bertz CT molecular complexity index is 699. The van der Waals surface area contributed by atoms with Gasteiger partial charge in [0.1, 0.15) is 5.82 Å². The van der Waals surface area contributed by atoms with Crippen LogP contribution >= 0.6 is 0 Å². The molecule has 2 heterocycles. The monoisotopic (exact) mass is 317 g/mol. The van der Waals surface area contributed by atoms with E-state index in [0.717, 1.165) is 0 Å². The summed E-state index contributed by atoms with van der Waals surface area (Å²) in [6.07, 6.45) is 0. The van der Waals surface area contributed by atoms with E-state index in [-0.39, 0.29) is 11.9 Å². The summed E-state index contributed by atoms with van der Waals surface area (Å²) in [5.74, 6) is -0.237. The number of benzene rings is 1. The number of halogens is 1. The minimum absolute atomic E-state index is 0.131. The number of urea groups is 1. The van der Waals surface area contributed by atoms with Crippen LogP contribution in [0.25, 0.3) is 0 Å². The van der Waals surface area contributed by atoms with Gasteiger partial charge in [-0.25, -0.2) is 9.18 Å². The van der Waals surface area contributed by atoms with Crippen molar-refractivity contribution in [1.82, 2.24) is 15.1 Å². The van der Waals surface area contributed by atoms with Gasteiger partial charge in [0.25, 0.3) is 5.91 Å². The Morgan fingerprint density at radius 2 is 2.00 bits per heavy atom. The van der Waals surface area contributed by atoms with E-state index >= 15 is 0 Å². The van der Waals surface area contributed by atoms with Crippen molar-refractivity contribution < 1.29 is 14.0 Å². The van der Waals surface area contributed by atoms with Crippen molar-refractivity contribution in [2.45, 2.75) is 19.9 Å². The van der Waals surface area contributed by atoms with Crippen LogP contribution in [0.3, 0.4) is 0 Å². The second-order valence-corrected chi connectivity index (χ2v) is 6.40. The molecule has 6 heteroatoms. The summed E-state index contributed by atoms with van der Waals surface area (Å²) in [6, 6.07) is 5.18. The van der Waals surface area contributed by atoms with Crippen LogP contribution in [0.1, 0.15) is 25.5 Å². The first kappa shape index (κ1) is 15.5. The molecular weight excluding hydrogens is 297 g/mol. The van der Waals surface area contributed by atoms with E-state index in [1.54, 1.807) is 30.1 Å². The van der Waals surface area contributed by atoms with Crippen molar-refractivity contribution >= 4 is 11.9 Å². The van der Waals surface area contributed by atoms with Crippen molar-refractivity contribution in [3.63, 3.8) is 0 Å². The maximum atomic E-state index is 14.2. The Balaban J connectivity index is 2.03. The highest BCUT2D eigenvalue weighted by molar-refractivity contribution is 6.01. The number of hydrogen-bond acceptors (Lipinski definition) is 2. The summed E-state index contributed by atoms with van der Waals surface area (Å²) in [7, 11) is 1.63. The van der Waals surface area contributed by atoms with Gasteiger partial charge < -0.3 is 10.2 Å². The molecule has 1 atom stereocenters. The Kier molecular flexibility index (Phi) is 3.83. The normalized spacial score (nSPS) is 21.2. The lowest BCUT2D eigenvalue weighted by Gasteiger charge is -2.31. The predicted molar refractivity (Wildman–Crippen MR) is 83.9 cm³/mol. The van der Waals surface area contributed by atoms with Crippen LogP contribution in [0.15, 0.2) is 35.5 Å². The maximum absolute atomic E-state index is 14.2. The van der Waals surface area contributed by atoms with Crippen LogP contribution in [-0.2, 0) is 4.79 Å². The Labute approximate surface area is 134 Å². The van der Waals surface area contributed by atoms with Gasteiger partial charge in [0.2, 0.25) is 0 Å². The molecule has 1 unspecified atom stereocenters. The van der Waals surface area contributed by atoms with Crippen molar-refractivity contribution in [1.29, 1.82) is 0 Å². The van der Waals surface area contributed by atoms with E-state index < -0.39 is 11.9 Å². The topological polar surface area (TPSA) is 52.7 Å². The molecule has 0 aromatic heterocycles. The standard InChI is InChI=1S/C17H20FN3O2/c1-10(2)8-21-9-13-14(16(21)22)15(19-17(23)20(13)3)11-6-4-5-7-12(11)18/h4-7,10,15H,8-9H2,1-3H3,(H,19,23). The Morgan fingerprint density at radius 3 is 2.65 bits per heavy atom. The summed E-state index contributed by atoms with van der Waals surface area (Å²) in [4.78, 5) is 28.2. The van der Waals surface area contributed by atoms with Gasteiger partial charge in [0.15, 0.2) is 0 Å². The lowest BCUT2D eigenvalue weighted by molar-refractivity contribution is -0.126. The van der Waals surface area contributed by atoms with Gasteiger partial charge in [0.05, 0.1) is 23.9 Å². The lowest BCUT2D eigenvalue weighted by Crippen LogP contribution is -2.45. The van der Waals surface area contributed by atoms with Crippen molar-refractivity contribution in [3.8, 4) is 0 Å². The van der Waals surface area contributed by atoms with E-state index in [0.29, 0.717) is 35.8 Å². The van der Waals surface area contributed by atoms with E-state index in [9.17, 15) is 14.0 Å². The average molecular weight is 317 g/mol. The number of hydrogen-bond donors (Lipinski definition) is 1. The first-order chi connectivity index (χ1) is 10.9. The molecule has 2 aliphatic heterocycles. The van der Waals surface area contributed by atoms with E-state index in [4.69, 9.17) is 0 Å². The van der Waals surface area contributed by atoms with Crippen LogP contribution in [0.5, 0.6) is 0 Å². The molecule has 1 aromatic carbocycles. The Hall–Kier alpha value is -2.37. The van der Waals surface area contributed by atoms with Crippen molar-refractivity contribution in [2.24, 2.45) is 5.92 Å². The fraction of sp³-hybridized carbons (Fsp3) is 0.412. The Morgan fingerprint density at radius 1 is 1.30 bits per heavy atom. The highest BCUT2D eigenvalue weighted by Crippen LogP contribution is 2.36. The molecular formula is C17H20FN3O2. The summed E-state index contributed by atoms with van der Waals surface area (Å²) in [5.41, 5.74) is 1.45. The minimum atomic E-state index is -0.737. The summed E-state index contributed by atoms with van der Waals surface area (Å²) < 4.78 is 14.2.